The van der Waals surface area contributed by atoms with E-state index in [0.29, 0.717) is 6.79 Å². The first kappa shape index (κ1) is 18.9. The Kier molecular flexibility index (Phi) is 5.95. The third-order valence-electron chi connectivity index (χ3n) is 4.98. The zero-order valence-electron chi connectivity index (χ0n) is 14.9. The molecular weight excluding hydrogens is 443 g/mol. The van der Waals surface area contributed by atoms with Gasteiger partial charge in [0, 0.05) is 44.5 Å². The van der Waals surface area contributed by atoms with Crippen molar-refractivity contribution in [1.82, 2.24) is 15.2 Å². The number of hydrogen-bond donors (Lipinski definition) is 2. The van der Waals surface area contributed by atoms with Crippen LogP contribution in [0.4, 0.5) is 0 Å². The molecule has 0 radical (unpaired) electrons. The van der Waals surface area contributed by atoms with Crippen molar-refractivity contribution < 1.29 is 9.47 Å². The van der Waals surface area contributed by atoms with Gasteiger partial charge < -0.3 is 24.7 Å². The molecule has 1 aromatic heterocycles. The average Bonchev–Trinajstić information content (AvgIpc) is 3.04. The Hall–Kier alpha value is -1.90. The molecule has 1 aliphatic carbocycles. The monoisotopic (exact) mass is 468 g/mol. The van der Waals surface area contributed by atoms with E-state index in [0.717, 1.165) is 37.1 Å². The van der Waals surface area contributed by atoms with Crippen LogP contribution >= 0.6 is 24.0 Å². The van der Waals surface area contributed by atoms with Gasteiger partial charge in [0.15, 0.2) is 17.5 Å². The molecule has 2 N–H and O–H groups in total. The van der Waals surface area contributed by atoms with Crippen LogP contribution in [0.2, 0.25) is 0 Å². The van der Waals surface area contributed by atoms with Crippen LogP contribution in [-0.2, 0) is 12.0 Å². The minimum atomic E-state index is 0. The lowest BCUT2D eigenvalue weighted by Gasteiger charge is -2.19. The second-order valence-corrected chi connectivity index (χ2v) is 6.62. The van der Waals surface area contributed by atoms with Crippen LogP contribution in [0.15, 0.2) is 47.7 Å². The van der Waals surface area contributed by atoms with Gasteiger partial charge in [-0.15, -0.1) is 24.0 Å². The van der Waals surface area contributed by atoms with E-state index in [1.807, 2.05) is 25.2 Å². The molecule has 4 rings (SSSR count). The van der Waals surface area contributed by atoms with Crippen molar-refractivity contribution in [2.24, 2.45) is 4.99 Å². The SMILES string of the molecule is CN=C(NCCn1cccc1)NCC1(c2ccc3c(c2)OCO3)CC1.I. The van der Waals surface area contributed by atoms with Crippen LogP contribution in [0, 0.1) is 0 Å². The predicted octanol–water partition coefficient (Wildman–Crippen LogP) is 2.73. The number of benzene rings is 1. The fourth-order valence-electron chi connectivity index (χ4n) is 3.24. The first-order valence-corrected chi connectivity index (χ1v) is 8.74. The summed E-state index contributed by atoms with van der Waals surface area (Å²) in [5.41, 5.74) is 1.49. The van der Waals surface area contributed by atoms with E-state index in [-0.39, 0.29) is 29.4 Å². The molecule has 0 atom stereocenters. The first-order valence-electron chi connectivity index (χ1n) is 8.74. The van der Waals surface area contributed by atoms with E-state index >= 15 is 0 Å². The summed E-state index contributed by atoms with van der Waals surface area (Å²) < 4.78 is 13.1. The van der Waals surface area contributed by atoms with Gasteiger partial charge in [-0.2, -0.15) is 0 Å². The zero-order valence-corrected chi connectivity index (χ0v) is 17.2. The number of aromatic nitrogens is 1. The lowest BCUT2D eigenvalue weighted by atomic mass is 9.95. The van der Waals surface area contributed by atoms with E-state index in [9.17, 15) is 0 Å². The minimum absolute atomic E-state index is 0. The van der Waals surface area contributed by atoms with Gasteiger partial charge in [-0.05, 0) is 42.7 Å². The molecule has 1 fully saturated rings. The van der Waals surface area contributed by atoms with Crippen LogP contribution in [0.3, 0.4) is 0 Å². The molecule has 0 bridgehead atoms. The molecule has 0 spiro atoms. The van der Waals surface area contributed by atoms with E-state index in [1.165, 1.54) is 18.4 Å². The van der Waals surface area contributed by atoms with Crippen molar-refractivity contribution in [3.8, 4) is 11.5 Å². The normalized spacial score (nSPS) is 16.7. The third-order valence-corrected chi connectivity index (χ3v) is 4.98. The number of nitrogens with one attached hydrogen (secondary N) is 2. The molecule has 26 heavy (non-hydrogen) atoms. The zero-order chi connectivity index (χ0) is 17.1. The Balaban J connectivity index is 0.00000196. The Morgan fingerprint density at radius 1 is 1.15 bits per heavy atom. The van der Waals surface area contributed by atoms with Gasteiger partial charge in [0.25, 0.3) is 0 Å². The largest absolute Gasteiger partial charge is 0.454 e. The van der Waals surface area contributed by atoms with Crippen molar-refractivity contribution >= 4 is 29.9 Å². The van der Waals surface area contributed by atoms with E-state index in [4.69, 9.17) is 9.47 Å². The molecule has 0 unspecified atom stereocenters. The number of ether oxygens (including phenoxy) is 2. The summed E-state index contributed by atoms with van der Waals surface area (Å²) >= 11 is 0. The van der Waals surface area contributed by atoms with Crippen molar-refractivity contribution in [2.75, 3.05) is 26.9 Å². The molecule has 1 aromatic carbocycles. The summed E-state index contributed by atoms with van der Waals surface area (Å²) in [6, 6.07) is 10.4. The van der Waals surface area contributed by atoms with Gasteiger partial charge >= 0.3 is 0 Å². The Morgan fingerprint density at radius 2 is 1.92 bits per heavy atom. The summed E-state index contributed by atoms with van der Waals surface area (Å²) in [5, 5.41) is 6.85. The van der Waals surface area contributed by atoms with E-state index < -0.39 is 0 Å². The highest BCUT2D eigenvalue weighted by atomic mass is 127. The van der Waals surface area contributed by atoms with Gasteiger partial charge in [-0.1, -0.05) is 6.07 Å². The van der Waals surface area contributed by atoms with Crippen LogP contribution in [-0.4, -0.2) is 37.5 Å². The lowest BCUT2D eigenvalue weighted by Crippen LogP contribution is -2.42. The Labute approximate surface area is 171 Å². The highest BCUT2D eigenvalue weighted by molar-refractivity contribution is 14.0. The second-order valence-electron chi connectivity index (χ2n) is 6.62. The number of aliphatic imine (C=N–C) groups is 1. The van der Waals surface area contributed by atoms with Crippen LogP contribution in [0.5, 0.6) is 11.5 Å². The molecule has 2 aliphatic rings. The number of rotatable bonds is 6. The van der Waals surface area contributed by atoms with Crippen LogP contribution in [0.1, 0.15) is 18.4 Å². The fraction of sp³-hybridized carbons (Fsp3) is 0.421. The van der Waals surface area contributed by atoms with Gasteiger partial charge in [0.1, 0.15) is 0 Å². The smallest absolute Gasteiger partial charge is 0.231 e. The Morgan fingerprint density at radius 3 is 2.65 bits per heavy atom. The van der Waals surface area contributed by atoms with Crippen molar-refractivity contribution in [1.29, 1.82) is 0 Å². The molecule has 6 nitrogen and oxygen atoms in total. The molecular formula is C19H25IN4O2. The summed E-state index contributed by atoms with van der Waals surface area (Å²) in [7, 11) is 1.81. The van der Waals surface area contributed by atoms with Crippen LogP contribution < -0.4 is 20.1 Å². The minimum Gasteiger partial charge on any atom is -0.454 e. The Bertz CT molecular complexity index is 757. The maximum absolute atomic E-state index is 5.52. The molecule has 140 valence electrons. The fourth-order valence-corrected chi connectivity index (χ4v) is 3.24. The summed E-state index contributed by atoms with van der Waals surface area (Å²) in [6.07, 6.45) is 6.49. The first-order chi connectivity index (χ1) is 12.3. The third kappa shape index (κ3) is 4.08. The summed E-state index contributed by atoms with van der Waals surface area (Å²) in [4.78, 5) is 4.33. The molecule has 1 aliphatic heterocycles. The highest BCUT2D eigenvalue weighted by Crippen LogP contribution is 2.49. The topological polar surface area (TPSA) is 59.8 Å². The maximum atomic E-state index is 5.52. The maximum Gasteiger partial charge on any atom is 0.231 e. The molecule has 0 saturated heterocycles. The highest BCUT2D eigenvalue weighted by Gasteiger charge is 2.44. The molecule has 2 aromatic rings. The molecule has 0 amide bonds. The van der Waals surface area contributed by atoms with E-state index in [2.05, 4.69) is 44.7 Å². The van der Waals surface area contributed by atoms with Gasteiger partial charge in [0.2, 0.25) is 6.79 Å². The molecule has 7 heteroatoms. The van der Waals surface area contributed by atoms with Crippen molar-refractivity contribution in [3.05, 3.63) is 48.3 Å². The molecule has 2 heterocycles. The quantitative estimate of drug-likeness (QED) is 0.389. The summed E-state index contributed by atoms with van der Waals surface area (Å²) in [5.74, 6) is 2.55. The van der Waals surface area contributed by atoms with E-state index in [1.54, 1.807) is 0 Å². The molecule has 1 saturated carbocycles. The summed E-state index contributed by atoms with van der Waals surface area (Å²) in [6.45, 7) is 2.95. The van der Waals surface area contributed by atoms with Crippen LogP contribution in [0.25, 0.3) is 0 Å². The number of guanidine groups is 1. The number of halogens is 1. The average molecular weight is 468 g/mol. The number of nitrogens with zero attached hydrogens (tertiary/aromatic N) is 2. The standard InChI is InChI=1S/C19H24N4O2.HI/c1-20-18(21-8-11-23-9-2-3-10-23)22-13-19(6-7-19)15-4-5-16-17(12-15)25-14-24-16;/h2-5,9-10,12H,6-8,11,13-14H2,1H3,(H2,20,21,22);1H. The second kappa shape index (κ2) is 8.20. The van der Waals surface area contributed by atoms with Gasteiger partial charge in [-0.3, -0.25) is 4.99 Å². The number of hydrogen-bond acceptors (Lipinski definition) is 3. The predicted molar refractivity (Wildman–Crippen MR) is 113 cm³/mol. The number of fused-ring (bicyclic) bond motifs is 1. The lowest BCUT2D eigenvalue weighted by molar-refractivity contribution is 0.174. The van der Waals surface area contributed by atoms with Gasteiger partial charge in [-0.25, -0.2) is 0 Å². The van der Waals surface area contributed by atoms with Crippen molar-refractivity contribution in [2.45, 2.75) is 24.8 Å². The van der Waals surface area contributed by atoms with Gasteiger partial charge in [0.05, 0.1) is 0 Å². The van der Waals surface area contributed by atoms with Crippen molar-refractivity contribution in [3.63, 3.8) is 0 Å².